The van der Waals surface area contributed by atoms with Gasteiger partial charge in [0.1, 0.15) is 5.69 Å². The number of piperidine rings is 6. The van der Waals surface area contributed by atoms with E-state index in [0.717, 1.165) is 33.8 Å². The number of aromatic nitrogens is 2. The van der Waals surface area contributed by atoms with Crippen LogP contribution in [0.3, 0.4) is 0 Å². The number of ketones is 1. The average Bonchev–Trinajstić information content (AvgIpc) is 3.94. The van der Waals surface area contributed by atoms with E-state index in [1.54, 1.807) is 31.1 Å². The number of hydrogen-bond acceptors (Lipinski definition) is 10. The number of carbonyl (C=O) groups excluding carboxylic acids is 3. The highest BCUT2D eigenvalue weighted by atomic mass is 35.5. The molecule has 11 heteroatoms. The number of nitrogens with two attached hydrogens (primary N) is 1. The van der Waals surface area contributed by atoms with Gasteiger partial charge in [-0.25, -0.2) is 4.98 Å². The van der Waals surface area contributed by atoms with Crippen molar-refractivity contribution in [2.45, 2.75) is 74.9 Å². The molecule has 4 bridgehead atoms. The largest absolute Gasteiger partial charge is 0.463 e. The maximum atomic E-state index is 12.8. The Morgan fingerprint density at radius 2 is 1.41 bits per heavy atom. The van der Waals surface area contributed by atoms with Crippen molar-refractivity contribution >= 4 is 46.3 Å². The topological polar surface area (TPSA) is 136 Å². The Morgan fingerprint density at radius 3 is 1.98 bits per heavy atom. The fraction of sp³-hybridized carbons (Fsp3) is 0.543. The quantitative estimate of drug-likeness (QED) is 0.283. The van der Waals surface area contributed by atoms with E-state index < -0.39 is 0 Å². The molecule has 10 heterocycles. The molecule has 0 amide bonds. The van der Waals surface area contributed by atoms with Crippen LogP contribution in [0.15, 0.2) is 64.2 Å². The monoisotopic (exact) mass is 647 g/mol. The van der Waals surface area contributed by atoms with Crippen LogP contribution < -0.4 is 5.73 Å². The fourth-order valence-electron chi connectivity index (χ4n) is 8.86. The molecule has 4 aromatic rings. The number of pyridine rings is 2. The van der Waals surface area contributed by atoms with Gasteiger partial charge in [0.2, 0.25) is 0 Å². The van der Waals surface area contributed by atoms with Crippen LogP contribution in [0, 0.1) is 17.8 Å². The summed E-state index contributed by atoms with van der Waals surface area (Å²) in [5.41, 5.74) is 9.30. The number of fused-ring (bicyclic) bond motifs is 6. The SMILES string of the molecule is Cl.N[C@@H]1C2CCN(CC2)C12CC2.O=C(C[C@@H]1C2CCN(CC2)C12CC2)c1cc2ccoc2cn1.O=C=O.c1cc2ccoc2cn1. The van der Waals surface area contributed by atoms with Crippen molar-refractivity contribution in [3.05, 3.63) is 61.1 Å². The van der Waals surface area contributed by atoms with E-state index in [4.69, 9.17) is 24.2 Å². The molecule has 6 saturated heterocycles. The first-order valence-electron chi connectivity index (χ1n) is 16.4. The summed E-state index contributed by atoms with van der Waals surface area (Å²) in [6.45, 7) is 5.15. The molecule has 2 saturated carbocycles. The van der Waals surface area contributed by atoms with Crippen molar-refractivity contribution in [2.75, 3.05) is 26.2 Å². The number of rotatable bonds is 3. The third-order valence-corrected chi connectivity index (χ3v) is 11.5. The third kappa shape index (κ3) is 6.05. The summed E-state index contributed by atoms with van der Waals surface area (Å²) < 4.78 is 10.4. The van der Waals surface area contributed by atoms with Gasteiger partial charge >= 0.3 is 6.15 Å². The normalized spacial score (nSPS) is 29.7. The predicted molar refractivity (Wildman–Crippen MR) is 173 cm³/mol. The van der Waals surface area contributed by atoms with E-state index in [1.165, 1.54) is 77.5 Å². The van der Waals surface area contributed by atoms with Crippen LogP contribution in [0.25, 0.3) is 21.9 Å². The molecule has 2 spiro atoms. The number of carbonyl (C=O) groups is 1. The van der Waals surface area contributed by atoms with E-state index >= 15 is 0 Å². The summed E-state index contributed by atoms with van der Waals surface area (Å²) in [4.78, 5) is 42.5. The van der Waals surface area contributed by atoms with E-state index in [2.05, 4.69) is 19.8 Å². The second-order valence-corrected chi connectivity index (χ2v) is 13.6. The van der Waals surface area contributed by atoms with Crippen molar-refractivity contribution in [2.24, 2.45) is 23.5 Å². The summed E-state index contributed by atoms with van der Waals surface area (Å²) in [5, 5.41) is 2.07. The molecule has 0 aromatic carbocycles. The van der Waals surface area contributed by atoms with Crippen LogP contribution in [0.5, 0.6) is 0 Å². The molecule has 0 unspecified atom stereocenters. The number of furan rings is 2. The summed E-state index contributed by atoms with van der Waals surface area (Å²) in [5.74, 6) is 2.36. The van der Waals surface area contributed by atoms with Gasteiger partial charge in [-0.15, -0.1) is 12.4 Å². The first-order valence-corrected chi connectivity index (χ1v) is 16.4. The maximum absolute atomic E-state index is 12.8. The lowest BCUT2D eigenvalue weighted by Crippen LogP contribution is -2.63. The Hall–Kier alpha value is -3.40. The Bertz CT molecular complexity index is 1640. The molecule has 10 nitrogen and oxygen atoms in total. The zero-order chi connectivity index (χ0) is 31.0. The van der Waals surface area contributed by atoms with E-state index in [1.807, 2.05) is 24.3 Å². The van der Waals surface area contributed by atoms with Gasteiger partial charge in [0.05, 0.1) is 24.9 Å². The van der Waals surface area contributed by atoms with Gasteiger partial charge in [0, 0.05) is 40.5 Å². The van der Waals surface area contributed by atoms with E-state index in [9.17, 15) is 4.79 Å². The van der Waals surface area contributed by atoms with Gasteiger partial charge in [-0.3, -0.25) is 19.6 Å². The van der Waals surface area contributed by atoms with Crippen LogP contribution in [0.4, 0.5) is 0 Å². The van der Waals surface area contributed by atoms with Gasteiger partial charge in [0.15, 0.2) is 16.9 Å². The molecule has 8 fully saturated rings. The zero-order valence-corrected chi connectivity index (χ0v) is 26.8. The van der Waals surface area contributed by atoms with E-state index in [-0.39, 0.29) is 24.3 Å². The number of halogens is 1. The summed E-state index contributed by atoms with van der Waals surface area (Å²) in [6, 6.07) is 8.12. The summed E-state index contributed by atoms with van der Waals surface area (Å²) in [7, 11) is 0. The molecule has 2 aliphatic carbocycles. The molecule has 46 heavy (non-hydrogen) atoms. The number of Topliss-reactive ketones (excluding diaryl/α,β-unsaturated/α-hetero) is 1. The van der Waals surface area contributed by atoms with Gasteiger partial charge in [-0.1, -0.05) is 0 Å². The van der Waals surface area contributed by atoms with Crippen LogP contribution in [0.2, 0.25) is 0 Å². The highest BCUT2D eigenvalue weighted by molar-refractivity contribution is 5.97. The van der Waals surface area contributed by atoms with Crippen molar-refractivity contribution < 1.29 is 23.2 Å². The van der Waals surface area contributed by atoms with Gasteiger partial charge < -0.3 is 14.6 Å². The van der Waals surface area contributed by atoms with E-state index in [0.29, 0.717) is 35.2 Å². The lowest BCUT2D eigenvalue weighted by Gasteiger charge is -2.52. The van der Waals surface area contributed by atoms with Crippen LogP contribution >= 0.6 is 12.4 Å². The Labute approximate surface area is 274 Å². The minimum absolute atomic E-state index is 0. The minimum Gasteiger partial charge on any atom is -0.463 e. The fourth-order valence-corrected chi connectivity index (χ4v) is 8.86. The molecule has 6 aliphatic heterocycles. The van der Waals surface area contributed by atoms with Crippen molar-refractivity contribution in [3.63, 3.8) is 0 Å². The van der Waals surface area contributed by atoms with Crippen molar-refractivity contribution in [1.82, 2.24) is 19.8 Å². The highest BCUT2D eigenvalue weighted by Crippen LogP contribution is 2.58. The number of hydrogen-bond donors (Lipinski definition) is 1. The molecule has 2 N–H and O–H groups in total. The van der Waals surface area contributed by atoms with Gasteiger partial charge in [-0.05, 0) is 120 Å². The minimum atomic E-state index is 0. The lowest BCUT2D eigenvalue weighted by atomic mass is 9.69. The highest BCUT2D eigenvalue weighted by Gasteiger charge is 2.60. The molecular weight excluding hydrogens is 606 g/mol. The second kappa shape index (κ2) is 13.4. The summed E-state index contributed by atoms with van der Waals surface area (Å²) >= 11 is 0. The zero-order valence-electron chi connectivity index (χ0n) is 26.0. The molecule has 8 aliphatic rings. The maximum Gasteiger partial charge on any atom is 0.373 e. The molecule has 4 aromatic heterocycles. The number of nitrogens with zero attached hydrogens (tertiary/aromatic N) is 4. The molecular formula is C35H42ClN5O5. The molecule has 12 rings (SSSR count). The Balaban J connectivity index is 0.000000129. The Kier molecular flexibility index (Phi) is 9.46. The standard InChI is InChI=1S/C18H20N2O2.C9H16N2.C7H5NO.CO2.ClH/c21-16(15-9-13-3-8-22-17(13)11-19-15)10-14-12-1-6-20(7-2-12)18(14)4-5-18;10-8-7-1-5-11(6-2-7)9(8)3-4-9;1-3-8-5-7-6(1)2-4-9-7;2-1-3;/h3,8-9,11-12,14H,1-2,4-7,10H2;7-8H,1-6,10H2;1-5H;;1H/t14-;8-;;;/m11.../s1. The second-order valence-electron chi connectivity index (χ2n) is 13.6. The summed E-state index contributed by atoms with van der Waals surface area (Å²) in [6.07, 6.45) is 19.9. The van der Waals surface area contributed by atoms with Crippen molar-refractivity contribution in [1.29, 1.82) is 0 Å². The predicted octanol–water partition coefficient (Wildman–Crippen LogP) is 5.51. The van der Waals surface area contributed by atoms with Gasteiger partial charge in [-0.2, -0.15) is 9.59 Å². The Morgan fingerprint density at radius 1 is 0.848 bits per heavy atom. The van der Waals surface area contributed by atoms with Crippen LogP contribution in [-0.4, -0.2) is 75.0 Å². The van der Waals surface area contributed by atoms with Crippen molar-refractivity contribution in [3.8, 4) is 0 Å². The third-order valence-electron chi connectivity index (χ3n) is 11.5. The first kappa shape index (κ1) is 32.5. The molecule has 0 radical (unpaired) electrons. The lowest BCUT2D eigenvalue weighted by molar-refractivity contribution is -0.191. The average molecular weight is 648 g/mol. The molecule has 2 atom stereocenters. The first-order chi connectivity index (χ1) is 22.0. The molecule has 244 valence electrons. The van der Waals surface area contributed by atoms with Crippen LogP contribution in [0.1, 0.15) is 68.3 Å². The van der Waals surface area contributed by atoms with Crippen LogP contribution in [-0.2, 0) is 9.59 Å². The smallest absolute Gasteiger partial charge is 0.373 e. The van der Waals surface area contributed by atoms with Gasteiger partial charge in [0.25, 0.3) is 0 Å².